The van der Waals surface area contributed by atoms with Gasteiger partial charge in [0.15, 0.2) is 0 Å². The molecule has 0 unspecified atom stereocenters. The number of rotatable bonds is 5. The van der Waals surface area contributed by atoms with Gasteiger partial charge in [0.05, 0.1) is 25.7 Å². The van der Waals surface area contributed by atoms with Gasteiger partial charge in [-0.15, -0.1) is 40.1 Å². The van der Waals surface area contributed by atoms with Crippen LogP contribution in [0, 0.1) is 6.07 Å². The van der Waals surface area contributed by atoms with Crippen molar-refractivity contribution < 1.29 is 51.0 Å². The van der Waals surface area contributed by atoms with Gasteiger partial charge in [-0.25, -0.2) is 0 Å². The van der Waals surface area contributed by atoms with E-state index in [0.717, 1.165) is 22.4 Å². The summed E-state index contributed by atoms with van der Waals surface area (Å²) in [5.74, 6) is 0. The standard InChI is InChI=1S/C25H35Si2.C12H7Si.2ClH.Zr/c1-9-18-13-20-12-11-19(10-2)25(24(20)14-18)21-15-22(26(3,4)5)17-23(16-21)27(6,7)8;1-3-7-11-9(5-1)10-6-2-4-8-12(10)13-11;;;/h11-17H,9-10H2,1-8H3;1-7H;2*1H;/q2*-1;;;+4/p-2. The van der Waals surface area contributed by atoms with Gasteiger partial charge in [-0.2, -0.15) is 35.5 Å². The van der Waals surface area contributed by atoms with Crippen molar-refractivity contribution in [3.63, 3.8) is 0 Å². The van der Waals surface area contributed by atoms with E-state index >= 15 is 0 Å². The molecule has 0 amide bonds. The number of fused-ring (bicyclic) bond motifs is 4. The van der Waals surface area contributed by atoms with E-state index < -0.39 is 16.1 Å². The number of benzene rings is 4. The van der Waals surface area contributed by atoms with Crippen LogP contribution in [-0.2, 0) is 39.0 Å². The van der Waals surface area contributed by atoms with E-state index in [-0.39, 0.29) is 51.0 Å². The van der Waals surface area contributed by atoms with E-state index in [9.17, 15) is 0 Å². The maximum absolute atomic E-state index is 3.31. The van der Waals surface area contributed by atoms with Crippen molar-refractivity contribution in [3.05, 3.63) is 102 Å². The van der Waals surface area contributed by atoms with Crippen LogP contribution in [0.25, 0.3) is 33.0 Å². The molecule has 0 spiro atoms. The zero-order valence-corrected chi connectivity index (χ0v) is 33.7. The summed E-state index contributed by atoms with van der Waals surface area (Å²) in [7, 11) is -1.97. The molecule has 0 saturated heterocycles. The molecule has 2 radical (unpaired) electrons. The summed E-state index contributed by atoms with van der Waals surface area (Å²) in [5.41, 5.74) is 8.62. The Labute approximate surface area is 296 Å². The zero-order valence-electron chi connectivity index (χ0n) is 26.8. The Kier molecular flexibility index (Phi) is 13.4. The van der Waals surface area contributed by atoms with E-state index in [1.165, 1.54) is 54.5 Å². The molecule has 0 fully saturated rings. The molecule has 1 aliphatic heterocycles. The number of hydrogen-bond donors (Lipinski definition) is 0. The third kappa shape index (κ3) is 8.26. The van der Waals surface area contributed by atoms with Crippen molar-refractivity contribution in [1.29, 1.82) is 0 Å². The maximum Gasteiger partial charge on any atom is 4.00 e. The average Bonchev–Trinajstić information content (AvgIpc) is 3.53. The monoisotopic (exact) mass is 730 g/mol. The van der Waals surface area contributed by atoms with Crippen molar-refractivity contribution in [1.82, 2.24) is 0 Å². The summed E-state index contributed by atoms with van der Waals surface area (Å²) in [5, 5.41) is 8.86. The first-order valence-corrected chi connectivity index (χ1v) is 22.7. The molecule has 6 rings (SSSR count). The first-order chi connectivity index (χ1) is 19.0. The quantitative estimate of drug-likeness (QED) is 0.187. The molecule has 0 nitrogen and oxygen atoms in total. The summed E-state index contributed by atoms with van der Waals surface area (Å²) in [6.45, 7) is 19.4. The van der Waals surface area contributed by atoms with Crippen molar-refractivity contribution in [2.75, 3.05) is 0 Å². The molecule has 1 aliphatic rings. The van der Waals surface area contributed by atoms with Gasteiger partial charge < -0.3 is 24.8 Å². The second kappa shape index (κ2) is 15.3. The summed E-state index contributed by atoms with van der Waals surface area (Å²) < 4.78 is 0. The largest absolute Gasteiger partial charge is 4.00 e. The first kappa shape index (κ1) is 37.8. The van der Waals surface area contributed by atoms with Gasteiger partial charge in [-0.1, -0.05) is 128 Å². The van der Waals surface area contributed by atoms with Gasteiger partial charge in [0.25, 0.3) is 0 Å². The van der Waals surface area contributed by atoms with Crippen LogP contribution in [0.3, 0.4) is 0 Å². The summed E-state index contributed by atoms with van der Waals surface area (Å²) in [4.78, 5) is 0. The maximum atomic E-state index is 3.31. The Morgan fingerprint density at radius 1 is 0.721 bits per heavy atom. The molecule has 0 N–H and O–H groups in total. The normalized spacial score (nSPS) is 11.7. The van der Waals surface area contributed by atoms with Gasteiger partial charge in [0.2, 0.25) is 0 Å². The van der Waals surface area contributed by atoms with Gasteiger partial charge in [-0.3, -0.25) is 0 Å². The van der Waals surface area contributed by atoms with Gasteiger partial charge in [-0.05, 0) is 18.4 Å². The first-order valence-electron chi connectivity index (χ1n) is 14.7. The summed E-state index contributed by atoms with van der Waals surface area (Å²) in [6.07, 6.45) is 2.18. The molecule has 0 aliphatic carbocycles. The third-order valence-corrected chi connectivity index (χ3v) is 13.5. The molecule has 5 aromatic carbocycles. The van der Waals surface area contributed by atoms with Crippen LogP contribution in [0.2, 0.25) is 39.3 Å². The van der Waals surface area contributed by atoms with Gasteiger partial charge in [0.1, 0.15) is 0 Å². The SMILES string of the molecule is CCc1cc2c(-c3cc([Si](C)(C)C)cc([Si](C)(C)C)c3)c(CC)ccc2[cH-]1.[Cl-].[Cl-].[Zr+4].[c-]1cccc2c1[Si]c1ccccc1-2. The molecule has 220 valence electrons. The Balaban J connectivity index is 0.000000339. The topological polar surface area (TPSA) is 0 Å². The van der Waals surface area contributed by atoms with E-state index in [0.29, 0.717) is 0 Å². The van der Waals surface area contributed by atoms with Crippen molar-refractivity contribution in [3.8, 4) is 22.3 Å². The predicted octanol–water partition coefficient (Wildman–Crippen LogP) is 1.57. The smallest absolute Gasteiger partial charge is 1.00 e. The molecule has 5 aromatic rings. The predicted molar refractivity (Wildman–Crippen MR) is 185 cm³/mol. The van der Waals surface area contributed by atoms with Gasteiger partial charge >= 0.3 is 26.2 Å². The number of aryl methyl sites for hydroxylation is 2. The second-order valence-electron chi connectivity index (χ2n) is 13.1. The molecule has 0 aromatic heterocycles. The van der Waals surface area contributed by atoms with Gasteiger partial charge in [0, 0.05) is 0 Å². The van der Waals surface area contributed by atoms with Crippen molar-refractivity contribution >= 4 is 57.2 Å². The summed E-state index contributed by atoms with van der Waals surface area (Å²) >= 11 is 0. The molecule has 0 atom stereocenters. The fourth-order valence-electron chi connectivity index (χ4n) is 5.59. The van der Waals surface area contributed by atoms with Crippen LogP contribution in [0.1, 0.15) is 25.0 Å². The zero-order chi connectivity index (χ0) is 28.7. The fourth-order valence-corrected chi connectivity index (χ4v) is 9.40. The molecule has 0 saturated carbocycles. The Hall–Kier alpha value is -1.40. The molecular formula is C37H42Cl2Si3Zr. The Bertz CT molecular complexity index is 1600. The Morgan fingerprint density at radius 3 is 1.95 bits per heavy atom. The average molecular weight is 733 g/mol. The van der Waals surface area contributed by atoms with Crippen LogP contribution in [0.5, 0.6) is 0 Å². The van der Waals surface area contributed by atoms with Crippen LogP contribution < -0.4 is 45.6 Å². The minimum atomic E-state index is -1.38. The van der Waals surface area contributed by atoms with E-state index in [1.807, 2.05) is 6.07 Å². The van der Waals surface area contributed by atoms with Crippen molar-refractivity contribution in [2.24, 2.45) is 0 Å². The van der Waals surface area contributed by atoms with Crippen LogP contribution in [0.15, 0.2) is 84.9 Å². The van der Waals surface area contributed by atoms with Crippen LogP contribution in [-0.4, -0.2) is 25.7 Å². The second-order valence-corrected chi connectivity index (χ2v) is 24.5. The van der Waals surface area contributed by atoms with Crippen molar-refractivity contribution in [2.45, 2.75) is 66.0 Å². The molecule has 43 heavy (non-hydrogen) atoms. The van der Waals surface area contributed by atoms with E-state index in [1.54, 1.807) is 10.4 Å². The van der Waals surface area contributed by atoms with Crippen LogP contribution >= 0.6 is 0 Å². The summed E-state index contributed by atoms with van der Waals surface area (Å²) in [6, 6.07) is 35.2. The molecular weight excluding hydrogens is 691 g/mol. The number of halogens is 2. The molecule has 1 heterocycles. The van der Waals surface area contributed by atoms with E-state index in [2.05, 4.69) is 138 Å². The minimum absolute atomic E-state index is 0. The molecule has 0 bridgehead atoms. The molecule has 6 heteroatoms. The Morgan fingerprint density at radius 2 is 1.35 bits per heavy atom. The van der Waals surface area contributed by atoms with Crippen LogP contribution in [0.4, 0.5) is 0 Å². The number of hydrogen-bond acceptors (Lipinski definition) is 0. The third-order valence-electron chi connectivity index (χ3n) is 8.11. The minimum Gasteiger partial charge on any atom is -1.00 e. The fraction of sp³-hybridized carbons (Fsp3) is 0.270. The van der Waals surface area contributed by atoms with E-state index in [4.69, 9.17) is 0 Å².